The van der Waals surface area contributed by atoms with Gasteiger partial charge in [-0.3, -0.25) is 0 Å². The maximum Gasteiger partial charge on any atom is 0.322 e. The van der Waals surface area contributed by atoms with Gasteiger partial charge in [-0.15, -0.1) is 11.3 Å². The summed E-state index contributed by atoms with van der Waals surface area (Å²) in [6.45, 7) is 2.61. The van der Waals surface area contributed by atoms with Crippen LogP contribution >= 0.6 is 11.3 Å². The van der Waals surface area contributed by atoms with Gasteiger partial charge in [0.2, 0.25) is 0 Å². The number of para-hydroxylation sites is 1. The van der Waals surface area contributed by atoms with E-state index in [1.807, 2.05) is 64.8 Å². The van der Waals surface area contributed by atoms with Gasteiger partial charge in [0.15, 0.2) is 0 Å². The molecule has 6 rings (SSSR count). The highest BCUT2D eigenvalue weighted by atomic mass is 32.1. The maximum atomic E-state index is 13.8. The van der Waals surface area contributed by atoms with E-state index in [9.17, 15) is 4.79 Å². The third-order valence-corrected chi connectivity index (χ3v) is 7.91. The fourth-order valence-electron chi connectivity index (χ4n) is 5.05. The first kappa shape index (κ1) is 20.3. The third kappa shape index (κ3) is 3.56. The molecule has 2 amide bonds. The van der Waals surface area contributed by atoms with Crippen molar-refractivity contribution in [1.82, 2.24) is 14.4 Å². The first-order valence-electron chi connectivity index (χ1n) is 11.4. The van der Waals surface area contributed by atoms with E-state index in [2.05, 4.69) is 52.3 Å². The highest BCUT2D eigenvalue weighted by Crippen LogP contribution is 2.43. The number of carbonyl (C=O) groups is 1. The molecule has 2 aromatic carbocycles. The first-order valence-corrected chi connectivity index (χ1v) is 12.2. The van der Waals surface area contributed by atoms with Gasteiger partial charge in [0.1, 0.15) is 5.00 Å². The smallest absolute Gasteiger partial charge is 0.310 e. The molecule has 1 atom stereocenters. The second-order valence-corrected chi connectivity index (χ2v) is 9.90. The zero-order valence-electron chi connectivity index (χ0n) is 18.6. The van der Waals surface area contributed by atoms with Crippen molar-refractivity contribution < 1.29 is 4.79 Å². The minimum atomic E-state index is -0.175. The zero-order valence-corrected chi connectivity index (χ0v) is 19.4. The Balaban J connectivity index is 1.50. The Kier molecular flexibility index (Phi) is 5.04. The van der Waals surface area contributed by atoms with Crippen LogP contribution in [-0.2, 0) is 19.5 Å². The number of fused-ring (bicyclic) bond motifs is 5. The van der Waals surface area contributed by atoms with E-state index in [0.29, 0.717) is 6.54 Å². The first-order chi connectivity index (χ1) is 16.2. The number of aromatic nitrogens is 1. The van der Waals surface area contributed by atoms with Gasteiger partial charge >= 0.3 is 6.03 Å². The highest BCUT2D eigenvalue weighted by molar-refractivity contribution is 7.15. The minimum absolute atomic E-state index is 0.0801. The fourth-order valence-corrected chi connectivity index (χ4v) is 6.50. The summed E-state index contributed by atoms with van der Waals surface area (Å²) in [6.07, 6.45) is 3.17. The number of rotatable bonds is 2. The molecule has 4 heterocycles. The lowest BCUT2D eigenvalue weighted by atomic mass is 10.0. The SMILES string of the molecule is CN1CCc2c(sc3c2CN(C(=O)Nc2ccccc2)C(c2ccccc2)c2cccn2-3)C1. The summed E-state index contributed by atoms with van der Waals surface area (Å²) in [6, 6.07) is 24.1. The van der Waals surface area contributed by atoms with Crippen molar-refractivity contribution in [1.29, 1.82) is 0 Å². The third-order valence-electron chi connectivity index (χ3n) is 6.66. The van der Waals surface area contributed by atoms with Crippen LogP contribution in [0.15, 0.2) is 79.0 Å². The molecule has 0 spiro atoms. The van der Waals surface area contributed by atoms with Crippen molar-refractivity contribution in [3.63, 3.8) is 0 Å². The molecule has 0 saturated carbocycles. The number of nitrogens with zero attached hydrogens (tertiary/aromatic N) is 3. The predicted molar refractivity (Wildman–Crippen MR) is 133 cm³/mol. The molecular weight excluding hydrogens is 428 g/mol. The number of carbonyl (C=O) groups excluding carboxylic acids is 1. The van der Waals surface area contributed by atoms with E-state index in [1.165, 1.54) is 21.0 Å². The summed E-state index contributed by atoms with van der Waals surface area (Å²) >= 11 is 1.88. The van der Waals surface area contributed by atoms with Crippen molar-refractivity contribution in [3.8, 4) is 5.00 Å². The van der Waals surface area contributed by atoms with E-state index in [1.54, 1.807) is 0 Å². The summed E-state index contributed by atoms with van der Waals surface area (Å²) in [5, 5.41) is 4.40. The average Bonchev–Trinajstić information content (AvgIpc) is 3.41. The number of benzene rings is 2. The molecule has 2 aliphatic heterocycles. The zero-order chi connectivity index (χ0) is 22.4. The Morgan fingerprint density at radius 2 is 1.70 bits per heavy atom. The average molecular weight is 455 g/mol. The number of anilines is 1. The molecular formula is C27H26N4OS. The lowest BCUT2D eigenvalue weighted by molar-refractivity contribution is 0.194. The number of hydrogen-bond acceptors (Lipinski definition) is 3. The Labute approximate surface area is 197 Å². The molecule has 0 aliphatic carbocycles. The topological polar surface area (TPSA) is 40.5 Å². The monoisotopic (exact) mass is 454 g/mol. The van der Waals surface area contributed by atoms with Gasteiger partial charge in [-0.1, -0.05) is 48.5 Å². The second kappa shape index (κ2) is 8.21. The van der Waals surface area contributed by atoms with Crippen LogP contribution in [0.2, 0.25) is 0 Å². The van der Waals surface area contributed by atoms with E-state index < -0.39 is 0 Å². The number of hydrogen-bond donors (Lipinski definition) is 1. The molecule has 4 aromatic rings. The molecule has 166 valence electrons. The van der Waals surface area contributed by atoms with E-state index in [-0.39, 0.29) is 12.1 Å². The normalized spacial score (nSPS) is 17.6. The van der Waals surface area contributed by atoms with Crippen molar-refractivity contribution in [3.05, 3.63) is 106 Å². The molecule has 1 unspecified atom stereocenters. The number of nitrogens with one attached hydrogen (secondary N) is 1. The van der Waals surface area contributed by atoms with Crippen LogP contribution in [0, 0.1) is 0 Å². The van der Waals surface area contributed by atoms with Gasteiger partial charge < -0.3 is 19.7 Å². The van der Waals surface area contributed by atoms with Gasteiger partial charge in [-0.25, -0.2) is 4.79 Å². The molecule has 5 nitrogen and oxygen atoms in total. The number of thiophene rings is 1. The van der Waals surface area contributed by atoms with Crippen LogP contribution in [0.25, 0.3) is 5.00 Å². The van der Waals surface area contributed by atoms with Gasteiger partial charge in [-0.2, -0.15) is 0 Å². The molecule has 0 bridgehead atoms. The summed E-state index contributed by atoms with van der Waals surface area (Å²) in [5.74, 6) is 0. The van der Waals surface area contributed by atoms with E-state index >= 15 is 0 Å². The molecule has 1 N–H and O–H groups in total. The van der Waals surface area contributed by atoms with Crippen molar-refractivity contribution in [2.45, 2.75) is 25.6 Å². The summed E-state index contributed by atoms with van der Waals surface area (Å²) in [5.41, 5.74) is 5.77. The number of likely N-dealkylation sites (N-methyl/N-ethyl adjacent to an activating group) is 1. The van der Waals surface area contributed by atoms with Crippen LogP contribution in [0.3, 0.4) is 0 Å². The molecule has 33 heavy (non-hydrogen) atoms. The Morgan fingerprint density at radius 3 is 2.48 bits per heavy atom. The summed E-state index contributed by atoms with van der Waals surface area (Å²) in [7, 11) is 2.18. The van der Waals surface area contributed by atoms with Crippen molar-refractivity contribution in [2.75, 3.05) is 18.9 Å². The minimum Gasteiger partial charge on any atom is -0.310 e. The van der Waals surface area contributed by atoms with Gasteiger partial charge in [0, 0.05) is 35.4 Å². The van der Waals surface area contributed by atoms with Crippen LogP contribution in [0.1, 0.15) is 33.3 Å². The van der Waals surface area contributed by atoms with Crippen LogP contribution in [-0.4, -0.2) is 34.0 Å². The fraction of sp³-hybridized carbons (Fsp3) is 0.222. The second-order valence-electron chi connectivity index (χ2n) is 8.82. The molecule has 0 saturated heterocycles. The van der Waals surface area contributed by atoms with E-state index in [4.69, 9.17) is 0 Å². The van der Waals surface area contributed by atoms with E-state index in [0.717, 1.165) is 36.5 Å². The standard InChI is InChI=1S/C27H26N4OS/c1-29-16-14-21-22-17-31(27(32)28-20-11-6-3-7-12-20)25(19-9-4-2-5-10-19)23-13-8-15-30(23)26(22)33-24(21)18-29/h2-13,15,25H,14,16-18H2,1H3,(H,28,32). The quantitative estimate of drug-likeness (QED) is 0.424. The van der Waals surface area contributed by atoms with Crippen LogP contribution in [0.4, 0.5) is 10.5 Å². The lowest BCUT2D eigenvalue weighted by Gasteiger charge is -2.31. The van der Waals surface area contributed by atoms with Gasteiger partial charge in [0.05, 0.1) is 18.3 Å². The number of amides is 2. The van der Waals surface area contributed by atoms with Crippen molar-refractivity contribution >= 4 is 23.1 Å². The highest BCUT2D eigenvalue weighted by Gasteiger charge is 2.36. The molecule has 0 radical (unpaired) electrons. The van der Waals surface area contributed by atoms with Crippen LogP contribution < -0.4 is 5.32 Å². The summed E-state index contributed by atoms with van der Waals surface area (Å²) < 4.78 is 2.31. The Morgan fingerprint density at radius 1 is 0.939 bits per heavy atom. The maximum absolute atomic E-state index is 13.8. The molecule has 6 heteroatoms. The summed E-state index contributed by atoms with van der Waals surface area (Å²) in [4.78, 5) is 19.6. The molecule has 2 aliphatic rings. The van der Waals surface area contributed by atoms with Crippen molar-refractivity contribution in [2.24, 2.45) is 0 Å². The van der Waals surface area contributed by atoms with Gasteiger partial charge in [0.25, 0.3) is 0 Å². The molecule has 0 fully saturated rings. The van der Waals surface area contributed by atoms with Crippen LogP contribution in [0.5, 0.6) is 0 Å². The lowest BCUT2D eigenvalue weighted by Crippen LogP contribution is -2.38. The Hall–Kier alpha value is -3.35. The molecule has 2 aromatic heterocycles. The number of urea groups is 1. The predicted octanol–water partition coefficient (Wildman–Crippen LogP) is 5.66. The largest absolute Gasteiger partial charge is 0.322 e. The van der Waals surface area contributed by atoms with Gasteiger partial charge in [-0.05, 0) is 48.9 Å². The Bertz CT molecular complexity index is 1290.